The zero-order valence-corrected chi connectivity index (χ0v) is 16.4. The van der Waals surface area contributed by atoms with Crippen molar-refractivity contribution in [3.63, 3.8) is 0 Å². The van der Waals surface area contributed by atoms with Gasteiger partial charge in [-0.05, 0) is 30.0 Å². The van der Waals surface area contributed by atoms with Crippen molar-refractivity contribution in [2.45, 2.75) is 6.42 Å². The maximum Gasteiger partial charge on any atom is 0.256 e. The SMILES string of the molecule is CS(=O)(=O)Nc1ccccc1C(=O)N1CCN(CCc2cccs2)CC1. The lowest BCUT2D eigenvalue weighted by atomic mass is 10.1. The molecule has 0 spiro atoms. The topological polar surface area (TPSA) is 69.7 Å². The third-order valence-corrected chi connectivity index (χ3v) is 5.89. The Morgan fingerprint density at radius 3 is 2.50 bits per heavy atom. The van der Waals surface area contributed by atoms with E-state index in [1.807, 2.05) is 0 Å². The Hall–Kier alpha value is -1.90. The summed E-state index contributed by atoms with van der Waals surface area (Å²) in [5.41, 5.74) is 0.727. The van der Waals surface area contributed by atoms with Gasteiger partial charge >= 0.3 is 0 Å². The van der Waals surface area contributed by atoms with Crippen LogP contribution in [0.5, 0.6) is 0 Å². The molecule has 1 aliphatic rings. The molecule has 1 fully saturated rings. The lowest BCUT2D eigenvalue weighted by molar-refractivity contribution is 0.0640. The molecule has 1 amide bonds. The Morgan fingerprint density at radius 1 is 1.12 bits per heavy atom. The minimum absolute atomic E-state index is 0.130. The van der Waals surface area contributed by atoms with Crippen LogP contribution < -0.4 is 4.72 Å². The molecule has 26 heavy (non-hydrogen) atoms. The van der Waals surface area contributed by atoms with Crippen LogP contribution in [0.3, 0.4) is 0 Å². The standard InChI is InChI=1S/C18H23N3O3S2/c1-26(23,24)19-17-7-3-2-6-16(17)18(22)21-12-10-20(11-13-21)9-8-15-5-4-14-25-15/h2-7,14,19H,8-13H2,1H3. The van der Waals surface area contributed by atoms with Crippen molar-refractivity contribution < 1.29 is 13.2 Å². The van der Waals surface area contributed by atoms with Gasteiger partial charge in [-0.15, -0.1) is 11.3 Å². The first-order valence-electron chi connectivity index (χ1n) is 8.53. The summed E-state index contributed by atoms with van der Waals surface area (Å²) in [7, 11) is -3.43. The molecular weight excluding hydrogens is 370 g/mol. The first kappa shape index (κ1) is 18.9. The third-order valence-electron chi connectivity index (χ3n) is 4.37. The Bertz CT molecular complexity index is 842. The highest BCUT2D eigenvalue weighted by Gasteiger charge is 2.24. The molecule has 1 N–H and O–H groups in total. The van der Waals surface area contributed by atoms with Crippen LogP contribution in [0, 0.1) is 0 Å². The van der Waals surface area contributed by atoms with Crippen molar-refractivity contribution in [3.05, 3.63) is 52.2 Å². The second kappa shape index (κ2) is 8.20. The van der Waals surface area contributed by atoms with Crippen molar-refractivity contribution >= 4 is 33.0 Å². The molecular formula is C18H23N3O3S2. The summed E-state index contributed by atoms with van der Waals surface area (Å²) in [5.74, 6) is -0.130. The van der Waals surface area contributed by atoms with Crippen molar-refractivity contribution in [2.75, 3.05) is 43.7 Å². The highest BCUT2D eigenvalue weighted by Crippen LogP contribution is 2.19. The van der Waals surface area contributed by atoms with Crippen LogP contribution in [-0.4, -0.2) is 63.1 Å². The average Bonchev–Trinajstić information content (AvgIpc) is 3.12. The van der Waals surface area contributed by atoms with Crippen molar-refractivity contribution in [1.82, 2.24) is 9.80 Å². The summed E-state index contributed by atoms with van der Waals surface area (Å²) in [6.45, 7) is 3.96. The van der Waals surface area contributed by atoms with Crippen LogP contribution in [0.1, 0.15) is 15.2 Å². The Labute approximate surface area is 158 Å². The molecule has 0 atom stereocenters. The monoisotopic (exact) mass is 393 g/mol. The zero-order chi connectivity index (χ0) is 18.6. The third kappa shape index (κ3) is 5.06. The lowest BCUT2D eigenvalue weighted by Gasteiger charge is -2.35. The summed E-state index contributed by atoms with van der Waals surface area (Å²) in [6, 6.07) is 11.0. The second-order valence-corrected chi connectivity index (χ2v) is 9.16. The fraction of sp³-hybridized carbons (Fsp3) is 0.389. The predicted molar refractivity (Wildman–Crippen MR) is 105 cm³/mol. The number of sulfonamides is 1. The second-order valence-electron chi connectivity index (χ2n) is 6.38. The molecule has 1 aromatic heterocycles. The molecule has 2 aromatic rings. The van der Waals surface area contributed by atoms with E-state index in [2.05, 4.69) is 27.1 Å². The van der Waals surface area contributed by atoms with Crippen LogP contribution in [0.2, 0.25) is 0 Å². The maximum absolute atomic E-state index is 12.8. The summed E-state index contributed by atoms with van der Waals surface area (Å²) >= 11 is 1.77. The number of thiophene rings is 1. The largest absolute Gasteiger partial charge is 0.336 e. The van der Waals surface area contributed by atoms with Crippen molar-refractivity contribution in [3.8, 4) is 0 Å². The number of anilines is 1. The van der Waals surface area contributed by atoms with E-state index in [4.69, 9.17) is 0 Å². The Balaban J connectivity index is 1.58. The highest BCUT2D eigenvalue weighted by molar-refractivity contribution is 7.92. The number of nitrogens with zero attached hydrogens (tertiary/aromatic N) is 2. The van der Waals surface area contributed by atoms with Gasteiger partial charge in [0.2, 0.25) is 10.0 Å². The predicted octanol–water partition coefficient (Wildman–Crippen LogP) is 2.12. The molecule has 2 heterocycles. The van der Waals surface area contributed by atoms with Gasteiger partial charge in [-0.25, -0.2) is 8.42 Å². The molecule has 1 saturated heterocycles. The van der Waals surface area contributed by atoms with E-state index in [0.717, 1.165) is 32.3 Å². The first-order chi connectivity index (χ1) is 12.4. The van der Waals surface area contributed by atoms with Crippen LogP contribution >= 0.6 is 11.3 Å². The van der Waals surface area contributed by atoms with E-state index in [1.165, 1.54) is 4.88 Å². The van der Waals surface area contributed by atoms with Gasteiger partial charge in [-0.1, -0.05) is 18.2 Å². The van der Waals surface area contributed by atoms with Crippen LogP contribution in [0.25, 0.3) is 0 Å². The number of amides is 1. The number of para-hydroxylation sites is 1. The molecule has 3 rings (SSSR count). The molecule has 0 aliphatic carbocycles. The summed E-state index contributed by atoms with van der Waals surface area (Å²) in [6.07, 6.45) is 2.12. The molecule has 8 heteroatoms. The number of carbonyl (C=O) groups excluding carboxylic acids is 1. The first-order valence-corrected chi connectivity index (χ1v) is 11.3. The minimum Gasteiger partial charge on any atom is -0.336 e. The molecule has 0 unspecified atom stereocenters. The van der Waals surface area contributed by atoms with Gasteiger partial charge in [-0.2, -0.15) is 0 Å². The van der Waals surface area contributed by atoms with Gasteiger partial charge < -0.3 is 4.90 Å². The van der Waals surface area contributed by atoms with Crippen molar-refractivity contribution in [1.29, 1.82) is 0 Å². The maximum atomic E-state index is 12.8. The normalized spacial score (nSPS) is 15.8. The number of nitrogens with one attached hydrogen (secondary N) is 1. The molecule has 0 radical (unpaired) electrons. The van der Waals surface area contributed by atoms with Gasteiger partial charge in [0.1, 0.15) is 0 Å². The smallest absolute Gasteiger partial charge is 0.256 e. The van der Waals surface area contributed by atoms with E-state index in [-0.39, 0.29) is 5.91 Å². The van der Waals surface area contributed by atoms with Gasteiger partial charge in [0.15, 0.2) is 0 Å². The number of carbonyl (C=O) groups is 1. The van der Waals surface area contributed by atoms with Gasteiger partial charge in [-0.3, -0.25) is 14.4 Å². The minimum atomic E-state index is -3.43. The number of hydrogen-bond donors (Lipinski definition) is 1. The van der Waals surface area contributed by atoms with Crippen molar-refractivity contribution in [2.24, 2.45) is 0 Å². The summed E-state index contributed by atoms with van der Waals surface area (Å²) in [5, 5.41) is 2.09. The molecule has 140 valence electrons. The zero-order valence-electron chi connectivity index (χ0n) is 14.7. The summed E-state index contributed by atoms with van der Waals surface area (Å²) < 4.78 is 25.5. The lowest BCUT2D eigenvalue weighted by Crippen LogP contribution is -2.49. The van der Waals surface area contributed by atoms with E-state index in [1.54, 1.807) is 40.5 Å². The summed E-state index contributed by atoms with van der Waals surface area (Å²) in [4.78, 5) is 18.4. The number of rotatable bonds is 6. The number of piperazine rings is 1. The van der Waals surface area contributed by atoms with Gasteiger partial charge in [0.25, 0.3) is 5.91 Å². The fourth-order valence-corrected chi connectivity index (χ4v) is 4.30. The Morgan fingerprint density at radius 2 is 1.85 bits per heavy atom. The molecule has 0 bridgehead atoms. The molecule has 0 saturated carbocycles. The van der Waals surface area contributed by atoms with Gasteiger partial charge in [0.05, 0.1) is 17.5 Å². The average molecular weight is 394 g/mol. The Kier molecular flexibility index (Phi) is 5.95. The molecule has 1 aromatic carbocycles. The molecule has 1 aliphatic heterocycles. The van der Waals surface area contributed by atoms with E-state index in [9.17, 15) is 13.2 Å². The van der Waals surface area contributed by atoms with E-state index in [0.29, 0.717) is 24.3 Å². The number of benzene rings is 1. The highest BCUT2D eigenvalue weighted by atomic mass is 32.2. The fourth-order valence-electron chi connectivity index (χ4n) is 3.03. The number of hydrogen-bond acceptors (Lipinski definition) is 5. The van der Waals surface area contributed by atoms with Gasteiger partial charge in [0, 0.05) is 37.6 Å². The quantitative estimate of drug-likeness (QED) is 0.816. The van der Waals surface area contributed by atoms with Crippen LogP contribution in [0.4, 0.5) is 5.69 Å². The van der Waals surface area contributed by atoms with E-state index < -0.39 is 10.0 Å². The van der Waals surface area contributed by atoms with E-state index >= 15 is 0 Å². The van der Waals surface area contributed by atoms with Crippen LogP contribution in [0.15, 0.2) is 41.8 Å². The molecule has 6 nitrogen and oxygen atoms in total. The van der Waals surface area contributed by atoms with Crippen LogP contribution in [-0.2, 0) is 16.4 Å².